The van der Waals surface area contributed by atoms with E-state index >= 15 is 0 Å². The molecule has 10 N–H and O–H groups in total. The molecule has 2 heterocycles. The van der Waals surface area contributed by atoms with Gasteiger partial charge in [-0.15, -0.1) is 0 Å². The van der Waals surface area contributed by atoms with Crippen molar-refractivity contribution in [2.75, 3.05) is 13.2 Å². The van der Waals surface area contributed by atoms with Crippen LogP contribution in [-0.2, 0) is 19.0 Å². The van der Waals surface area contributed by atoms with Crippen molar-refractivity contribution in [3.8, 4) is 11.5 Å². The minimum absolute atomic E-state index is 0.338. The molecule has 0 radical (unpaired) electrons. The first kappa shape index (κ1) is 27.2. The Morgan fingerprint density at radius 3 is 2.20 bits per heavy atom. The lowest BCUT2D eigenvalue weighted by molar-refractivity contribution is -0.343. The first-order valence-corrected chi connectivity index (χ1v) is 10.7. The smallest absolute Gasteiger partial charge is 0.246 e. The van der Waals surface area contributed by atoms with Gasteiger partial charge in [-0.1, -0.05) is 6.07 Å². The number of carbonyl (C=O) groups excluding carboxylic acids is 1. The highest BCUT2D eigenvalue weighted by atomic mass is 16.7. The van der Waals surface area contributed by atoms with E-state index in [1.54, 1.807) is 0 Å². The molecule has 0 unspecified atom stereocenters. The number of ether oxygens (including phenoxy) is 3. The minimum Gasteiger partial charge on any atom is -0.504 e. The van der Waals surface area contributed by atoms with Crippen molar-refractivity contribution in [3.05, 3.63) is 29.8 Å². The summed E-state index contributed by atoms with van der Waals surface area (Å²) in [6, 6.07) is 3.85. The highest BCUT2D eigenvalue weighted by molar-refractivity contribution is 5.92. The Morgan fingerprint density at radius 2 is 1.57 bits per heavy atom. The van der Waals surface area contributed by atoms with Crippen LogP contribution in [0.25, 0.3) is 6.08 Å². The summed E-state index contributed by atoms with van der Waals surface area (Å²) in [5, 5.41) is 91.0. The van der Waals surface area contributed by atoms with Gasteiger partial charge in [0.2, 0.25) is 5.91 Å². The van der Waals surface area contributed by atoms with Gasteiger partial charge in [0, 0.05) is 6.08 Å². The predicted molar refractivity (Wildman–Crippen MR) is 113 cm³/mol. The molecular formula is C21H29NO13. The predicted octanol–water partition coefficient (Wildman–Crippen LogP) is -4.15. The molecule has 10 atom stereocenters. The first-order valence-electron chi connectivity index (χ1n) is 10.7. The quantitative estimate of drug-likeness (QED) is 0.126. The van der Waals surface area contributed by atoms with Gasteiger partial charge < -0.3 is 65.5 Å². The normalized spacial score (nSPS) is 37.9. The average Bonchev–Trinajstić information content (AvgIpc) is 2.84. The topological polar surface area (TPSA) is 239 Å². The lowest BCUT2D eigenvalue weighted by Crippen LogP contribution is -2.66. The van der Waals surface area contributed by atoms with Crippen LogP contribution in [0.1, 0.15) is 5.56 Å². The maximum atomic E-state index is 12.3. The van der Waals surface area contributed by atoms with Crippen LogP contribution in [0.5, 0.6) is 11.5 Å². The fourth-order valence-corrected chi connectivity index (χ4v) is 3.71. The van der Waals surface area contributed by atoms with E-state index < -0.39 is 86.2 Å². The van der Waals surface area contributed by atoms with E-state index in [-0.39, 0.29) is 5.75 Å². The molecule has 2 saturated heterocycles. The zero-order chi connectivity index (χ0) is 25.9. The molecule has 0 aliphatic carbocycles. The van der Waals surface area contributed by atoms with Gasteiger partial charge in [-0.25, -0.2) is 0 Å². The second-order valence-electron chi connectivity index (χ2n) is 8.15. The summed E-state index contributed by atoms with van der Waals surface area (Å²) in [5.41, 5.74) is 0.377. The third kappa shape index (κ3) is 6.07. The molecule has 1 amide bonds. The number of nitrogens with one attached hydrogen (secondary N) is 1. The van der Waals surface area contributed by atoms with E-state index in [0.29, 0.717) is 5.56 Å². The van der Waals surface area contributed by atoms with Gasteiger partial charge >= 0.3 is 0 Å². The molecule has 0 bridgehead atoms. The molecule has 3 rings (SSSR count). The Morgan fingerprint density at radius 1 is 0.886 bits per heavy atom. The molecule has 2 aliphatic rings. The Hall–Kier alpha value is -2.37. The number of amides is 1. The van der Waals surface area contributed by atoms with E-state index in [2.05, 4.69) is 5.32 Å². The Bertz CT molecular complexity index is 894. The Labute approximate surface area is 198 Å². The van der Waals surface area contributed by atoms with Crippen LogP contribution in [-0.4, -0.2) is 126 Å². The molecule has 0 saturated carbocycles. The molecule has 0 spiro atoms. The maximum absolute atomic E-state index is 12.3. The van der Waals surface area contributed by atoms with E-state index in [4.69, 9.17) is 14.2 Å². The molecule has 2 fully saturated rings. The van der Waals surface area contributed by atoms with E-state index in [9.17, 15) is 50.8 Å². The van der Waals surface area contributed by atoms with Crippen molar-refractivity contribution in [2.24, 2.45) is 0 Å². The van der Waals surface area contributed by atoms with Crippen LogP contribution in [0.15, 0.2) is 24.3 Å². The highest BCUT2D eigenvalue weighted by Crippen LogP contribution is 2.29. The van der Waals surface area contributed by atoms with Crippen LogP contribution in [0.2, 0.25) is 0 Å². The van der Waals surface area contributed by atoms with Crippen molar-refractivity contribution in [3.63, 3.8) is 0 Å². The standard InChI is InChI=1S/C21H29NO13/c23-6-11-14(28)15(29)18(32)21(34-11)35-19-12(7-24)33-20(17(31)16(19)30)22-13(27)4-2-8-1-3-9(25)10(26)5-8/h1-5,11-12,14-21,23-26,28-32H,6-7H2,(H,22,27)/b4-2+/t11-,12-,14-,15+,16-,17-,18-,19-,20-,21+/m1/s1. The Kier molecular flexibility index (Phi) is 9.00. The molecule has 14 nitrogen and oxygen atoms in total. The first-order chi connectivity index (χ1) is 16.6. The summed E-state index contributed by atoms with van der Waals surface area (Å²) >= 11 is 0. The van der Waals surface area contributed by atoms with Gasteiger partial charge in [0.15, 0.2) is 24.0 Å². The van der Waals surface area contributed by atoms with Crippen LogP contribution in [0.4, 0.5) is 0 Å². The molecule has 196 valence electrons. The van der Waals surface area contributed by atoms with Gasteiger partial charge in [0.25, 0.3) is 0 Å². The van der Waals surface area contributed by atoms with Crippen molar-refractivity contribution in [1.82, 2.24) is 5.32 Å². The molecule has 14 heteroatoms. The Balaban J connectivity index is 1.65. The fourth-order valence-electron chi connectivity index (χ4n) is 3.71. The third-order valence-corrected chi connectivity index (χ3v) is 5.72. The third-order valence-electron chi connectivity index (χ3n) is 5.72. The number of benzene rings is 1. The van der Waals surface area contributed by atoms with Gasteiger partial charge in [0.05, 0.1) is 13.2 Å². The van der Waals surface area contributed by atoms with Crippen LogP contribution in [0.3, 0.4) is 0 Å². The van der Waals surface area contributed by atoms with Crippen molar-refractivity contribution in [1.29, 1.82) is 0 Å². The second kappa shape index (κ2) is 11.6. The fraction of sp³-hybridized carbons (Fsp3) is 0.571. The molecule has 0 aromatic heterocycles. The number of hydrogen-bond donors (Lipinski definition) is 10. The van der Waals surface area contributed by atoms with Crippen LogP contribution in [0, 0.1) is 0 Å². The monoisotopic (exact) mass is 503 g/mol. The summed E-state index contributed by atoms with van der Waals surface area (Å²) in [4.78, 5) is 12.3. The van der Waals surface area contributed by atoms with Gasteiger partial charge in [0.1, 0.15) is 48.8 Å². The molecular weight excluding hydrogens is 474 g/mol. The second-order valence-corrected chi connectivity index (χ2v) is 8.15. The van der Waals surface area contributed by atoms with Crippen LogP contribution >= 0.6 is 0 Å². The van der Waals surface area contributed by atoms with Crippen molar-refractivity contribution >= 4 is 12.0 Å². The lowest BCUT2D eigenvalue weighted by atomic mass is 9.96. The summed E-state index contributed by atoms with van der Waals surface area (Å²) in [6.45, 7) is -1.47. The molecule has 1 aromatic rings. The minimum atomic E-state index is -1.79. The number of phenols is 2. The number of aliphatic hydroxyl groups is 7. The number of carbonyl (C=O) groups is 1. The van der Waals surface area contributed by atoms with E-state index in [0.717, 1.165) is 6.08 Å². The summed E-state index contributed by atoms with van der Waals surface area (Å²) in [7, 11) is 0. The summed E-state index contributed by atoms with van der Waals surface area (Å²) in [5.74, 6) is -1.49. The van der Waals surface area contributed by atoms with E-state index in [1.165, 1.54) is 24.3 Å². The number of hydrogen-bond acceptors (Lipinski definition) is 13. The molecule has 1 aromatic carbocycles. The zero-order valence-electron chi connectivity index (χ0n) is 18.2. The lowest BCUT2D eigenvalue weighted by Gasteiger charge is -2.46. The molecule has 2 aliphatic heterocycles. The van der Waals surface area contributed by atoms with Gasteiger partial charge in [-0.3, -0.25) is 4.79 Å². The summed E-state index contributed by atoms with van der Waals surface area (Å²) < 4.78 is 16.1. The van der Waals surface area contributed by atoms with Gasteiger partial charge in [-0.2, -0.15) is 0 Å². The number of aliphatic hydroxyl groups excluding tert-OH is 7. The van der Waals surface area contributed by atoms with Crippen LogP contribution < -0.4 is 5.32 Å². The summed E-state index contributed by atoms with van der Waals surface area (Å²) in [6.07, 6.45) is -13.6. The number of phenolic OH excluding ortho intramolecular Hbond substituents is 2. The zero-order valence-corrected chi connectivity index (χ0v) is 18.2. The van der Waals surface area contributed by atoms with Crippen molar-refractivity contribution in [2.45, 2.75) is 61.3 Å². The largest absolute Gasteiger partial charge is 0.504 e. The van der Waals surface area contributed by atoms with E-state index in [1.807, 2.05) is 0 Å². The SMILES string of the molecule is O=C(/C=C/c1ccc(O)c(O)c1)N[C@@H]1O[C@H](CO)[C@@H](O[C@@H]2O[C@H](CO)[C@@H](O)[C@H](O)[C@H]2O)[C@H](O)[C@H]1O. The highest BCUT2D eigenvalue weighted by Gasteiger charge is 2.50. The average molecular weight is 503 g/mol. The molecule has 35 heavy (non-hydrogen) atoms. The number of rotatable bonds is 7. The number of aromatic hydroxyl groups is 2. The maximum Gasteiger partial charge on any atom is 0.246 e. The van der Waals surface area contributed by atoms with Crippen molar-refractivity contribution < 1.29 is 65.0 Å². The van der Waals surface area contributed by atoms with Gasteiger partial charge in [-0.05, 0) is 23.8 Å².